The van der Waals surface area contributed by atoms with E-state index in [4.69, 9.17) is 4.52 Å². The third kappa shape index (κ3) is 3.98. The second-order valence-electron chi connectivity index (χ2n) is 5.89. The van der Waals surface area contributed by atoms with E-state index in [1.54, 1.807) is 19.9 Å². The van der Waals surface area contributed by atoms with Gasteiger partial charge in [0, 0.05) is 6.54 Å². The first-order chi connectivity index (χ1) is 13.4. The van der Waals surface area contributed by atoms with Crippen molar-refractivity contribution in [2.24, 2.45) is 0 Å². The van der Waals surface area contributed by atoms with Crippen LogP contribution in [0.15, 0.2) is 45.1 Å². The molecule has 0 amide bonds. The Morgan fingerprint density at radius 1 is 1.32 bits per heavy atom. The quantitative estimate of drug-likeness (QED) is 0.540. The minimum Gasteiger partial charge on any atom is -0.465 e. The van der Waals surface area contributed by atoms with Crippen LogP contribution in [0.2, 0.25) is 0 Å². The highest BCUT2D eigenvalue weighted by Gasteiger charge is 2.28. The number of carbonyl (C=O) groups excluding carboxylic acids is 1. The van der Waals surface area contributed by atoms with Crippen molar-refractivity contribution in [3.63, 3.8) is 0 Å². The summed E-state index contributed by atoms with van der Waals surface area (Å²) in [7, 11) is -2.64. The Balaban J connectivity index is 1.90. The van der Waals surface area contributed by atoms with Gasteiger partial charge in [0.2, 0.25) is 21.7 Å². The lowest BCUT2D eigenvalue weighted by Gasteiger charge is -2.20. The molecule has 0 aliphatic carbocycles. The van der Waals surface area contributed by atoms with E-state index >= 15 is 0 Å². The molecule has 0 unspecified atom stereocenters. The summed E-state index contributed by atoms with van der Waals surface area (Å²) in [4.78, 5) is 16.9. The Labute approximate surface area is 166 Å². The predicted molar refractivity (Wildman–Crippen MR) is 103 cm³/mol. The maximum absolute atomic E-state index is 13.2. The van der Waals surface area contributed by atoms with E-state index in [1.807, 2.05) is 17.5 Å². The van der Waals surface area contributed by atoms with E-state index in [9.17, 15) is 13.2 Å². The summed E-state index contributed by atoms with van der Waals surface area (Å²) in [5, 5.41) is 5.80. The molecular weight excluding hydrogens is 402 g/mol. The van der Waals surface area contributed by atoms with Crippen molar-refractivity contribution >= 4 is 27.3 Å². The molecular formula is C18H19N3O5S2. The van der Waals surface area contributed by atoms with Gasteiger partial charge in [0.15, 0.2) is 0 Å². The van der Waals surface area contributed by atoms with E-state index < -0.39 is 16.0 Å². The first-order valence-electron chi connectivity index (χ1n) is 8.42. The van der Waals surface area contributed by atoms with Gasteiger partial charge in [-0.15, -0.1) is 11.3 Å². The second-order valence-corrected chi connectivity index (χ2v) is 8.75. The summed E-state index contributed by atoms with van der Waals surface area (Å²) in [5.74, 6) is 0.00918. The lowest BCUT2D eigenvalue weighted by atomic mass is 10.1. The highest BCUT2D eigenvalue weighted by Crippen LogP contribution is 2.25. The predicted octanol–water partition coefficient (Wildman–Crippen LogP) is 3.10. The van der Waals surface area contributed by atoms with E-state index in [0.717, 1.165) is 4.88 Å². The summed E-state index contributed by atoms with van der Waals surface area (Å²) >= 11 is 1.46. The highest BCUT2D eigenvalue weighted by molar-refractivity contribution is 7.89. The fourth-order valence-corrected chi connectivity index (χ4v) is 4.90. The number of ether oxygens (including phenoxy) is 1. The van der Waals surface area contributed by atoms with Crippen molar-refractivity contribution in [2.45, 2.75) is 25.3 Å². The van der Waals surface area contributed by atoms with Crippen LogP contribution in [0, 0.1) is 6.92 Å². The molecule has 0 aliphatic rings. The summed E-state index contributed by atoms with van der Waals surface area (Å²) in [5.41, 5.74) is 0.691. The van der Waals surface area contributed by atoms with Crippen LogP contribution in [0.3, 0.4) is 0 Å². The SMILES string of the molecule is CCN(Cc1nc(-c2cccs2)no1)S(=O)(=O)c1cc(C(=O)OC)ccc1C. The lowest BCUT2D eigenvalue weighted by Crippen LogP contribution is -2.31. The fraction of sp³-hybridized carbons (Fsp3) is 0.278. The molecule has 28 heavy (non-hydrogen) atoms. The molecule has 2 heterocycles. The van der Waals surface area contributed by atoms with Gasteiger partial charge in [-0.05, 0) is 36.1 Å². The molecule has 3 rings (SSSR count). The molecule has 0 fully saturated rings. The molecule has 148 valence electrons. The van der Waals surface area contributed by atoms with Crippen LogP contribution in [0.5, 0.6) is 0 Å². The number of aryl methyl sites for hydroxylation is 1. The van der Waals surface area contributed by atoms with Crippen LogP contribution in [0.25, 0.3) is 10.7 Å². The number of aromatic nitrogens is 2. The van der Waals surface area contributed by atoms with Crippen LogP contribution in [-0.4, -0.2) is 42.5 Å². The third-order valence-corrected chi connectivity index (χ3v) is 7.03. The number of benzene rings is 1. The third-order valence-electron chi connectivity index (χ3n) is 4.10. The zero-order valence-electron chi connectivity index (χ0n) is 15.6. The molecule has 0 atom stereocenters. The maximum Gasteiger partial charge on any atom is 0.337 e. The Morgan fingerprint density at radius 3 is 2.75 bits per heavy atom. The smallest absolute Gasteiger partial charge is 0.337 e. The first-order valence-corrected chi connectivity index (χ1v) is 10.7. The van der Waals surface area contributed by atoms with Gasteiger partial charge in [-0.3, -0.25) is 0 Å². The Hall–Kier alpha value is -2.56. The van der Waals surface area contributed by atoms with E-state index in [1.165, 1.54) is 34.9 Å². The van der Waals surface area contributed by atoms with Crippen LogP contribution in [-0.2, 0) is 21.3 Å². The van der Waals surface area contributed by atoms with Crippen LogP contribution in [0.4, 0.5) is 0 Å². The molecule has 8 nitrogen and oxygen atoms in total. The molecule has 0 saturated carbocycles. The number of methoxy groups -OCH3 is 1. The number of sulfonamides is 1. The highest BCUT2D eigenvalue weighted by atomic mass is 32.2. The minimum atomic E-state index is -3.89. The molecule has 0 aliphatic heterocycles. The van der Waals surface area contributed by atoms with Crippen LogP contribution >= 0.6 is 11.3 Å². The second kappa shape index (κ2) is 8.21. The van der Waals surface area contributed by atoms with Gasteiger partial charge in [0.25, 0.3) is 0 Å². The van der Waals surface area contributed by atoms with Crippen LogP contribution in [0.1, 0.15) is 28.7 Å². The average molecular weight is 422 g/mol. The number of thiophene rings is 1. The molecule has 1 aromatic carbocycles. The summed E-state index contributed by atoms with van der Waals surface area (Å²) < 4.78 is 37.5. The van der Waals surface area contributed by atoms with Crippen LogP contribution < -0.4 is 0 Å². The molecule has 10 heteroatoms. The largest absolute Gasteiger partial charge is 0.465 e. The summed E-state index contributed by atoms with van der Waals surface area (Å²) in [6, 6.07) is 8.16. The van der Waals surface area contributed by atoms with E-state index in [-0.39, 0.29) is 29.4 Å². The van der Waals surface area contributed by atoms with Gasteiger partial charge in [-0.25, -0.2) is 13.2 Å². The van der Waals surface area contributed by atoms with Crippen molar-refractivity contribution in [2.75, 3.05) is 13.7 Å². The number of rotatable bonds is 7. The molecule has 0 saturated heterocycles. The topological polar surface area (TPSA) is 103 Å². The van der Waals surface area contributed by atoms with E-state index in [2.05, 4.69) is 14.9 Å². The summed E-state index contributed by atoms with van der Waals surface area (Å²) in [6.45, 7) is 3.51. The van der Waals surface area contributed by atoms with Gasteiger partial charge in [-0.1, -0.05) is 24.2 Å². The zero-order chi connectivity index (χ0) is 20.3. The van der Waals surface area contributed by atoms with Crippen molar-refractivity contribution in [1.29, 1.82) is 0 Å². The van der Waals surface area contributed by atoms with Crippen molar-refractivity contribution < 1.29 is 22.5 Å². The molecule has 0 radical (unpaired) electrons. The Kier molecular flexibility index (Phi) is 5.92. The lowest BCUT2D eigenvalue weighted by molar-refractivity contribution is 0.0600. The molecule has 0 N–H and O–H groups in total. The Bertz CT molecular complexity index is 1070. The van der Waals surface area contributed by atoms with Gasteiger partial charge >= 0.3 is 5.97 Å². The van der Waals surface area contributed by atoms with Crippen molar-refractivity contribution in [1.82, 2.24) is 14.4 Å². The first kappa shape index (κ1) is 20.2. The Morgan fingerprint density at radius 2 is 2.11 bits per heavy atom. The van der Waals surface area contributed by atoms with Crippen molar-refractivity contribution in [3.05, 3.63) is 52.7 Å². The van der Waals surface area contributed by atoms with Crippen molar-refractivity contribution in [3.8, 4) is 10.7 Å². The molecule has 0 spiro atoms. The monoisotopic (exact) mass is 421 g/mol. The fourth-order valence-electron chi connectivity index (χ4n) is 2.60. The number of nitrogens with zero attached hydrogens (tertiary/aromatic N) is 3. The van der Waals surface area contributed by atoms with Gasteiger partial charge in [-0.2, -0.15) is 9.29 Å². The number of esters is 1. The average Bonchev–Trinajstić information content (AvgIpc) is 3.37. The van der Waals surface area contributed by atoms with Gasteiger partial charge in [0.1, 0.15) is 0 Å². The van der Waals surface area contributed by atoms with Gasteiger partial charge < -0.3 is 9.26 Å². The minimum absolute atomic E-state index is 0.0373. The zero-order valence-corrected chi connectivity index (χ0v) is 17.2. The normalized spacial score (nSPS) is 11.7. The molecule has 3 aromatic rings. The number of hydrogen-bond acceptors (Lipinski definition) is 8. The summed E-state index contributed by atoms with van der Waals surface area (Å²) in [6.07, 6.45) is 0. The molecule has 2 aromatic heterocycles. The standard InChI is InChI=1S/C18H19N3O5S2/c1-4-21(11-16-19-17(20-26-16)14-6-5-9-27-14)28(23,24)15-10-13(18(22)25-3)8-7-12(15)2/h5-10H,4,11H2,1-3H3. The maximum atomic E-state index is 13.2. The number of carbonyl (C=O) groups is 1. The molecule has 0 bridgehead atoms. The number of hydrogen-bond donors (Lipinski definition) is 0. The van der Waals surface area contributed by atoms with E-state index in [0.29, 0.717) is 11.4 Å². The van der Waals surface area contributed by atoms with Gasteiger partial charge in [0.05, 0.1) is 29.0 Å².